The molecule has 0 fully saturated rings. The van der Waals surface area contributed by atoms with Gasteiger partial charge in [0.1, 0.15) is 17.5 Å². The van der Waals surface area contributed by atoms with E-state index in [-0.39, 0.29) is 18.1 Å². The molecule has 0 saturated heterocycles. The lowest BCUT2D eigenvalue weighted by molar-refractivity contribution is -0.136. The number of hydrogen-bond acceptors (Lipinski definition) is 5. The van der Waals surface area contributed by atoms with E-state index in [0.29, 0.717) is 17.0 Å². The van der Waals surface area contributed by atoms with Crippen LogP contribution in [0, 0.1) is 18.3 Å². The van der Waals surface area contributed by atoms with Gasteiger partial charge < -0.3 is 9.84 Å². The van der Waals surface area contributed by atoms with E-state index in [1.807, 2.05) is 6.07 Å². The summed E-state index contributed by atoms with van der Waals surface area (Å²) >= 11 is 0. The number of carboxylic acids is 1. The quantitative estimate of drug-likeness (QED) is 0.912. The highest BCUT2D eigenvalue weighted by Gasteiger charge is 2.10. The number of rotatable bonds is 4. The van der Waals surface area contributed by atoms with E-state index >= 15 is 0 Å². The minimum atomic E-state index is -0.955. The Hall–Kier alpha value is -2.94. The molecule has 0 aliphatic heterocycles. The first-order valence-corrected chi connectivity index (χ1v) is 5.82. The van der Waals surface area contributed by atoms with E-state index in [0.717, 1.165) is 0 Å². The van der Waals surface area contributed by atoms with Gasteiger partial charge in [0.2, 0.25) is 0 Å². The Labute approximate surface area is 115 Å². The fraction of sp³-hybridized carbons (Fsp3) is 0.143. The lowest BCUT2D eigenvalue weighted by atomic mass is 10.1. The van der Waals surface area contributed by atoms with E-state index in [1.165, 1.54) is 6.07 Å². The van der Waals surface area contributed by atoms with Crippen molar-refractivity contribution in [1.82, 2.24) is 9.97 Å². The molecule has 0 bridgehead atoms. The molecule has 0 amide bonds. The molecular weight excluding hydrogens is 258 g/mol. The van der Waals surface area contributed by atoms with Gasteiger partial charge in [-0.15, -0.1) is 0 Å². The zero-order chi connectivity index (χ0) is 14.5. The minimum Gasteiger partial charge on any atom is -0.481 e. The lowest BCUT2D eigenvalue weighted by Gasteiger charge is -2.08. The van der Waals surface area contributed by atoms with Gasteiger partial charge in [-0.25, -0.2) is 4.98 Å². The molecule has 6 nitrogen and oxygen atoms in total. The van der Waals surface area contributed by atoms with Crippen molar-refractivity contribution in [2.75, 3.05) is 0 Å². The SMILES string of the molecule is Cc1cc(C#N)nc(Oc2ccccc2CC(=O)O)n1. The second-order valence-electron chi connectivity index (χ2n) is 4.07. The zero-order valence-electron chi connectivity index (χ0n) is 10.7. The summed E-state index contributed by atoms with van der Waals surface area (Å²) in [6.07, 6.45) is -0.160. The van der Waals surface area contributed by atoms with Crippen LogP contribution in [0.3, 0.4) is 0 Å². The Balaban J connectivity index is 2.33. The topological polar surface area (TPSA) is 96.1 Å². The van der Waals surface area contributed by atoms with Gasteiger partial charge in [-0.1, -0.05) is 18.2 Å². The molecule has 1 N–H and O–H groups in total. The van der Waals surface area contributed by atoms with Crippen molar-refractivity contribution in [3.63, 3.8) is 0 Å². The van der Waals surface area contributed by atoms with Crippen LogP contribution < -0.4 is 4.74 Å². The Kier molecular flexibility index (Phi) is 3.91. The summed E-state index contributed by atoms with van der Waals surface area (Å²) in [5, 5.41) is 17.7. The van der Waals surface area contributed by atoms with Crippen LogP contribution >= 0.6 is 0 Å². The predicted molar refractivity (Wildman–Crippen MR) is 69.3 cm³/mol. The summed E-state index contributed by atoms with van der Waals surface area (Å²) < 4.78 is 5.50. The molecule has 2 rings (SSSR count). The average Bonchev–Trinajstić information content (AvgIpc) is 2.39. The molecule has 0 spiro atoms. The Morgan fingerprint density at radius 3 is 2.85 bits per heavy atom. The summed E-state index contributed by atoms with van der Waals surface area (Å²) in [6.45, 7) is 1.72. The first kappa shape index (κ1) is 13.5. The molecule has 0 aliphatic rings. The molecule has 0 atom stereocenters. The van der Waals surface area contributed by atoms with E-state index < -0.39 is 5.97 Å². The summed E-state index contributed by atoms with van der Waals surface area (Å²) in [4.78, 5) is 18.8. The Bertz CT molecular complexity index is 692. The number of aliphatic carboxylic acids is 1. The van der Waals surface area contributed by atoms with Gasteiger partial charge in [-0.2, -0.15) is 10.2 Å². The molecule has 0 unspecified atom stereocenters. The average molecular weight is 269 g/mol. The fourth-order valence-electron chi connectivity index (χ4n) is 1.65. The number of benzene rings is 1. The maximum atomic E-state index is 10.8. The maximum Gasteiger partial charge on any atom is 0.323 e. The van der Waals surface area contributed by atoms with Crippen LogP contribution in [0.5, 0.6) is 11.8 Å². The molecule has 1 aromatic heterocycles. The molecule has 20 heavy (non-hydrogen) atoms. The van der Waals surface area contributed by atoms with Crippen LogP contribution in [-0.2, 0) is 11.2 Å². The predicted octanol–water partition coefficient (Wildman–Crippen LogP) is 2.08. The van der Waals surface area contributed by atoms with Gasteiger partial charge in [0.25, 0.3) is 0 Å². The van der Waals surface area contributed by atoms with Crippen molar-refractivity contribution in [2.45, 2.75) is 13.3 Å². The minimum absolute atomic E-state index is 0.0272. The number of hydrogen-bond donors (Lipinski definition) is 1. The van der Waals surface area contributed by atoms with Crippen molar-refractivity contribution < 1.29 is 14.6 Å². The molecular formula is C14H11N3O3. The van der Waals surface area contributed by atoms with Gasteiger partial charge >= 0.3 is 12.0 Å². The van der Waals surface area contributed by atoms with Crippen LogP contribution in [0.15, 0.2) is 30.3 Å². The van der Waals surface area contributed by atoms with Crippen LogP contribution in [-0.4, -0.2) is 21.0 Å². The highest BCUT2D eigenvalue weighted by molar-refractivity contribution is 5.71. The van der Waals surface area contributed by atoms with Crippen molar-refractivity contribution >= 4 is 5.97 Å². The van der Waals surface area contributed by atoms with E-state index in [2.05, 4.69) is 9.97 Å². The van der Waals surface area contributed by atoms with E-state index in [9.17, 15) is 4.79 Å². The summed E-state index contributed by atoms with van der Waals surface area (Å²) in [6, 6.07) is 10.2. The molecule has 1 heterocycles. The third-order valence-corrected chi connectivity index (χ3v) is 2.46. The molecule has 100 valence electrons. The fourth-order valence-corrected chi connectivity index (χ4v) is 1.65. The van der Waals surface area contributed by atoms with Crippen LogP contribution in [0.1, 0.15) is 17.0 Å². The molecule has 0 saturated carbocycles. The van der Waals surface area contributed by atoms with Crippen molar-refractivity contribution in [1.29, 1.82) is 5.26 Å². The van der Waals surface area contributed by atoms with Gasteiger partial charge in [-0.05, 0) is 19.1 Å². The summed E-state index contributed by atoms with van der Waals surface area (Å²) in [5.41, 5.74) is 1.31. The number of carbonyl (C=O) groups is 1. The zero-order valence-corrected chi connectivity index (χ0v) is 10.7. The monoisotopic (exact) mass is 269 g/mol. The molecule has 0 radical (unpaired) electrons. The number of nitrogens with zero attached hydrogens (tertiary/aromatic N) is 3. The normalized spacial score (nSPS) is 9.80. The first-order valence-electron chi connectivity index (χ1n) is 5.82. The smallest absolute Gasteiger partial charge is 0.323 e. The van der Waals surface area contributed by atoms with Gasteiger partial charge in [0, 0.05) is 11.3 Å². The van der Waals surface area contributed by atoms with Gasteiger partial charge in [-0.3, -0.25) is 4.79 Å². The van der Waals surface area contributed by atoms with Crippen molar-refractivity contribution in [3.8, 4) is 17.8 Å². The summed E-state index contributed by atoms with van der Waals surface area (Å²) in [7, 11) is 0. The molecule has 1 aromatic carbocycles. The summed E-state index contributed by atoms with van der Waals surface area (Å²) in [5.74, 6) is -0.590. The largest absolute Gasteiger partial charge is 0.481 e. The molecule has 2 aromatic rings. The Morgan fingerprint density at radius 2 is 2.15 bits per heavy atom. The highest BCUT2D eigenvalue weighted by Crippen LogP contribution is 2.23. The number of ether oxygens (including phenoxy) is 1. The highest BCUT2D eigenvalue weighted by atomic mass is 16.5. The first-order chi connectivity index (χ1) is 9.58. The number of para-hydroxylation sites is 1. The lowest BCUT2D eigenvalue weighted by Crippen LogP contribution is -2.03. The number of nitriles is 1. The van der Waals surface area contributed by atoms with Crippen molar-refractivity contribution in [2.24, 2.45) is 0 Å². The van der Waals surface area contributed by atoms with Crippen molar-refractivity contribution in [3.05, 3.63) is 47.3 Å². The number of aryl methyl sites for hydroxylation is 1. The Morgan fingerprint density at radius 1 is 1.40 bits per heavy atom. The maximum absolute atomic E-state index is 10.8. The standard InChI is InChI=1S/C14H11N3O3/c1-9-6-11(8-15)17-14(16-9)20-12-5-3-2-4-10(12)7-13(18)19/h2-6H,7H2,1H3,(H,18,19). The van der Waals surface area contributed by atoms with Gasteiger partial charge in [0.15, 0.2) is 0 Å². The third-order valence-electron chi connectivity index (χ3n) is 2.46. The van der Waals surface area contributed by atoms with Crippen LogP contribution in [0.2, 0.25) is 0 Å². The molecule has 0 aliphatic carbocycles. The van der Waals surface area contributed by atoms with Crippen LogP contribution in [0.4, 0.5) is 0 Å². The third kappa shape index (κ3) is 3.29. The molecule has 6 heteroatoms. The van der Waals surface area contributed by atoms with E-state index in [4.69, 9.17) is 15.1 Å². The van der Waals surface area contributed by atoms with Crippen LogP contribution in [0.25, 0.3) is 0 Å². The second kappa shape index (κ2) is 5.80. The number of aromatic nitrogens is 2. The second-order valence-corrected chi connectivity index (χ2v) is 4.07. The number of carboxylic acid groups (broad SMARTS) is 1. The van der Waals surface area contributed by atoms with Gasteiger partial charge in [0.05, 0.1) is 6.42 Å². The van der Waals surface area contributed by atoms with E-state index in [1.54, 1.807) is 31.2 Å².